The summed E-state index contributed by atoms with van der Waals surface area (Å²) < 4.78 is 0. The van der Waals surface area contributed by atoms with Gasteiger partial charge >= 0.3 is 0 Å². The molecule has 0 aliphatic carbocycles. The van der Waals surface area contributed by atoms with E-state index in [1.807, 2.05) is 35.7 Å². The molecular weight excluding hydrogens is 258 g/mol. The summed E-state index contributed by atoms with van der Waals surface area (Å²) in [6.45, 7) is 0.505. The van der Waals surface area contributed by atoms with Gasteiger partial charge in [-0.2, -0.15) is 0 Å². The highest BCUT2D eigenvalue weighted by atomic mass is 32.1. The van der Waals surface area contributed by atoms with E-state index in [-0.39, 0.29) is 5.91 Å². The zero-order valence-electron chi connectivity index (χ0n) is 10.8. The molecule has 0 aliphatic heterocycles. The maximum absolute atomic E-state index is 12.2. The van der Waals surface area contributed by atoms with Crippen molar-refractivity contribution in [2.24, 2.45) is 5.73 Å². The van der Waals surface area contributed by atoms with Gasteiger partial charge in [0.25, 0.3) is 0 Å². The number of likely N-dealkylation sites (N-methyl/N-ethyl adjacent to an activating group) is 1. The average Bonchev–Trinajstić information content (AvgIpc) is 2.91. The summed E-state index contributed by atoms with van der Waals surface area (Å²) in [5.74, 6) is -0.0585. The molecule has 100 valence electrons. The largest absolute Gasteiger partial charge is 0.338 e. The van der Waals surface area contributed by atoms with Gasteiger partial charge in [-0.05, 0) is 12.0 Å². The molecule has 1 amide bonds. The van der Waals surface area contributed by atoms with Crippen LogP contribution in [0, 0.1) is 0 Å². The van der Waals surface area contributed by atoms with Crippen molar-refractivity contribution in [1.29, 1.82) is 0 Å². The SMILES string of the molecule is CN(Cc1cscn1)C(=O)[C@H](N)Cc1ccccc1. The molecule has 1 atom stereocenters. The highest BCUT2D eigenvalue weighted by Crippen LogP contribution is 2.07. The molecule has 1 heterocycles. The van der Waals surface area contributed by atoms with Crippen molar-refractivity contribution >= 4 is 17.2 Å². The lowest BCUT2D eigenvalue weighted by Crippen LogP contribution is -2.42. The normalized spacial score (nSPS) is 12.1. The van der Waals surface area contributed by atoms with Crippen LogP contribution in [0.1, 0.15) is 11.3 Å². The minimum Gasteiger partial charge on any atom is -0.338 e. The lowest BCUT2D eigenvalue weighted by atomic mass is 10.1. The molecular formula is C14H17N3OS. The van der Waals surface area contributed by atoms with Gasteiger partial charge < -0.3 is 10.6 Å². The van der Waals surface area contributed by atoms with Crippen LogP contribution >= 0.6 is 11.3 Å². The first kappa shape index (κ1) is 13.7. The minimum absolute atomic E-state index is 0.0585. The second kappa shape index (κ2) is 6.45. The van der Waals surface area contributed by atoms with Gasteiger partial charge in [-0.1, -0.05) is 30.3 Å². The summed E-state index contributed by atoms with van der Waals surface area (Å²) in [5.41, 5.74) is 9.70. The van der Waals surface area contributed by atoms with Gasteiger partial charge in [0.15, 0.2) is 0 Å². The predicted molar refractivity (Wildman–Crippen MR) is 76.7 cm³/mol. The van der Waals surface area contributed by atoms with E-state index in [9.17, 15) is 4.79 Å². The molecule has 0 spiro atoms. The standard InChI is InChI=1S/C14H17N3OS/c1-17(8-12-9-19-10-16-12)14(18)13(15)7-11-5-3-2-4-6-11/h2-6,9-10,13H,7-8,15H2,1H3/t13-/m1/s1. The summed E-state index contributed by atoms with van der Waals surface area (Å²) in [5, 5.41) is 1.94. The summed E-state index contributed by atoms with van der Waals surface area (Å²) in [7, 11) is 1.76. The van der Waals surface area contributed by atoms with Crippen molar-refractivity contribution in [3.05, 3.63) is 52.5 Å². The second-order valence-electron chi connectivity index (χ2n) is 4.47. The van der Waals surface area contributed by atoms with Crippen molar-refractivity contribution in [3.63, 3.8) is 0 Å². The molecule has 2 aromatic rings. The maximum Gasteiger partial charge on any atom is 0.239 e. The molecule has 2 rings (SSSR count). The van der Waals surface area contributed by atoms with Gasteiger partial charge in [-0.25, -0.2) is 4.98 Å². The second-order valence-corrected chi connectivity index (χ2v) is 5.19. The molecule has 2 N–H and O–H groups in total. The van der Waals surface area contributed by atoms with Crippen LogP contribution in [0.2, 0.25) is 0 Å². The summed E-state index contributed by atoms with van der Waals surface area (Å²) in [6.07, 6.45) is 0.557. The number of hydrogen-bond donors (Lipinski definition) is 1. The third-order valence-corrected chi connectivity index (χ3v) is 3.51. The summed E-state index contributed by atoms with van der Waals surface area (Å²) in [4.78, 5) is 17.9. The monoisotopic (exact) mass is 275 g/mol. The number of nitrogens with two attached hydrogens (primary N) is 1. The van der Waals surface area contributed by atoms with Gasteiger partial charge in [0.2, 0.25) is 5.91 Å². The molecule has 0 aliphatic rings. The molecule has 0 saturated heterocycles. The topological polar surface area (TPSA) is 59.2 Å². The van der Waals surface area contributed by atoms with Crippen LogP contribution in [-0.4, -0.2) is 28.9 Å². The van der Waals surface area contributed by atoms with Gasteiger partial charge in [-0.15, -0.1) is 11.3 Å². The van der Waals surface area contributed by atoms with Crippen molar-refractivity contribution in [2.45, 2.75) is 19.0 Å². The number of carbonyl (C=O) groups is 1. The lowest BCUT2D eigenvalue weighted by molar-refractivity contribution is -0.131. The van der Waals surface area contributed by atoms with Crippen LogP contribution < -0.4 is 5.73 Å². The van der Waals surface area contributed by atoms with Gasteiger partial charge in [-0.3, -0.25) is 4.79 Å². The average molecular weight is 275 g/mol. The van der Waals surface area contributed by atoms with Crippen LogP contribution in [0.25, 0.3) is 0 Å². The Morgan fingerprint density at radius 3 is 2.79 bits per heavy atom. The first-order valence-electron chi connectivity index (χ1n) is 6.08. The molecule has 0 unspecified atom stereocenters. The fourth-order valence-corrected chi connectivity index (χ4v) is 2.42. The Hall–Kier alpha value is -1.72. The van der Waals surface area contributed by atoms with E-state index < -0.39 is 6.04 Å². The van der Waals surface area contributed by atoms with Crippen molar-refractivity contribution in [1.82, 2.24) is 9.88 Å². The first-order chi connectivity index (χ1) is 9.16. The number of nitrogens with zero attached hydrogens (tertiary/aromatic N) is 2. The first-order valence-corrected chi connectivity index (χ1v) is 7.02. The third-order valence-electron chi connectivity index (χ3n) is 2.87. The van der Waals surface area contributed by atoms with Crippen LogP contribution in [0.5, 0.6) is 0 Å². The van der Waals surface area contributed by atoms with Crippen molar-refractivity contribution in [2.75, 3.05) is 7.05 Å². The van der Waals surface area contributed by atoms with E-state index in [0.29, 0.717) is 13.0 Å². The molecule has 0 saturated carbocycles. The van der Waals surface area contributed by atoms with Gasteiger partial charge in [0.1, 0.15) is 0 Å². The maximum atomic E-state index is 12.2. The molecule has 0 fully saturated rings. The summed E-state index contributed by atoms with van der Waals surface area (Å²) in [6, 6.07) is 9.30. The van der Waals surface area contributed by atoms with E-state index >= 15 is 0 Å². The van der Waals surface area contributed by atoms with Gasteiger partial charge in [0.05, 0.1) is 23.8 Å². The van der Waals surface area contributed by atoms with E-state index in [4.69, 9.17) is 5.73 Å². The molecule has 0 bridgehead atoms. The molecule has 5 heteroatoms. The van der Waals surface area contributed by atoms with Crippen LogP contribution in [-0.2, 0) is 17.8 Å². The number of benzene rings is 1. The lowest BCUT2D eigenvalue weighted by Gasteiger charge is -2.20. The highest BCUT2D eigenvalue weighted by Gasteiger charge is 2.18. The van der Waals surface area contributed by atoms with Crippen molar-refractivity contribution in [3.8, 4) is 0 Å². The third kappa shape index (κ3) is 3.87. The highest BCUT2D eigenvalue weighted by molar-refractivity contribution is 7.07. The molecule has 0 radical (unpaired) electrons. The number of carbonyl (C=O) groups excluding carboxylic acids is 1. The zero-order valence-corrected chi connectivity index (χ0v) is 11.6. The Balaban J connectivity index is 1.91. The molecule has 4 nitrogen and oxygen atoms in total. The Morgan fingerprint density at radius 1 is 1.42 bits per heavy atom. The van der Waals surface area contributed by atoms with Crippen molar-refractivity contribution < 1.29 is 4.79 Å². The fourth-order valence-electron chi connectivity index (χ4n) is 1.87. The number of rotatable bonds is 5. The Bertz CT molecular complexity index is 513. The number of thiazole rings is 1. The zero-order chi connectivity index (χ0) is 13.7. The Morgan fingerprint density at radius 2 is 2.16 bits per heavy atom. The van der Waals surface area contributed by atoms with Crippen LogP contribution in [0.3, 0.4) is 0 Å². The van der Waals surface area contributed by atoms with Crippen LogP contribution in [0.15, 0.2) is 41.2 Å². The molecule has 1 aromatic heterocycles. The Labute approximate surface area is 116 Å². The molecule has 1 aromatic carbocycles. The predicted octanol–water partition coefficient (Wildman–Crippen LogP) is 1.67. The van der Waals surface area contributed by atoms with Gasteiger partial charge in [0, 0.05) is 12.4 Å². The fraction of sp³-hybridized carbons (Fsp3) is 0.286. The number of aromatic nitrogens is 1. The number of hydrogen-bond acceptors (Lipinski definition) is 4. The van der Waals surface area contributed by atoms with E-state index in [2.05, 4.69) is 4.98 Å². The van der Waals surface area contributed by atoms with Crippen LogP contribution in [0.4, 0.5) is 0 Å². The smallest absolute Gasteiger partial charge is 0.239 e. The van der Waals surface area contributed by atoms with E-state index in [1.54, 1.807) is 17.5 Å². The summed E-state index contributed by atoms with van der Waals surface area (Å²) >= 11 is 1.52. The number of amides is 1. The minimum atomic E-state index is -0.508. The quantitative estimate of drug-likeness (QED) is 0.903. The van der Waals surface area contributed by atoms with E-state index in [0.717, 1.165) is 11.3 Å². The molecule has 19 heavy (non-hydrogen) atoms. The Kier molecular flexibility index (Phi) is 4.65. The van der Waals surface area contributed by atoms with E-state index in [1.165, 1.54) is 11.3 Å².